The molecule has 0 heterocycles. The zero-order chi connectivity index (χ0) is 16.9. The van der Waals surface area contributed by atoms with Crippen LogP contribution in [0.4, 0.5) is 5.69 Å². The molecule has 7 nitrogen and oxygen atoms in total. The molecule has 0 aliphatic rings. The Balaban J connectivity index is 2.09. The van der Waals surface area contributed by atoms with Crippen LogP contribution in [-0.2, 0) is 16.6 Å². The molecule has 8 heteroatoms. The minimum atomic E-state index is -3.82. The van der Waals surface area contributed by atoms with Crippen LogP contribution < -0.4 is 9.46 Å². The summed E-state index contributed by atoms with van der Waals surface area (Å²) in [4.78, 5) is 9.95. The second-order valence-electron chi connectivity index (χ2n) is 4.66. The molecule has 0 spiro atoms. The first-order valence-electron chi connectivity index (χ1n) is 6.88. The molecule has 0 amide bonds. The molecule has 0 aromatic heterocycles. The van der Waals surface area contributed by atoms with E-state index in [9.17, 15) is 18.5 Å². The zero-order valence-corrected chi connectivity index (χ0v) is 13.2. The van der Waals surface area contributed by atoms with Crippen LogP contribution in [0.1, 0.15) is 12.5 Å². The Labute approximate surface area is 134 Å². The standard InChI is InChI=1S/C15H16N2O5S/c1-2-22-14-8-6-12(7-9-14)11-16-23(20,21)15-5-3-4-13(10-15)17(18)19/h3-10,16H,2,11H2,1H3. The van der Waals surface area contributed by atoms with Gasteiger partial charge in [-0.15, -0.1) is 0 Å². The maximum absolute atomic E-state index is 12.2. The van der Waals surface area contributed by atoms with Gasteiger partial charge in [-0.3, -0.25) is 10.1 Å². The van der Waals surface area contributed by atoms with Gasteiger partial charge < -0.3 is 4.74 Å². The molecule has 0 saturated heterocycles. The fraction of sp³-hybridized carbons (Fsp3) is 0.200. The van der Waals surface area contributed by atoms with Gasteiger partial charge in [0.2, 0.25) is 10.0 Å². The van der Waals surface area contributed by atoms with Crippen molar-refractivity contribution in [2.75, 3.05) is 6.61 Å². The van der Waals surface area contributed by atoms with Crippen molar-refractivity contribution >= 4 is 15.7 Å². The molecular weight excluding hydrogens is 320 g/mol. The predicted octanol–water partition coefficient (Wildman–Crippen LogP) is 2.47. The van der Waals surface area contributed by atoms with Crippen LogP contribution >= 0.6 is 0 Å². The van der Waals surface area contributed by atoms with Crippen molar-refractivity contribution in [1.82, 2.24) is 4.72 Å². The van der Waals surface area contributed by atoms with Gasteiger partial charge in [0.05, 0.1) is 16.4 Å². The number of nitrogens with zero attached hydrogens (tertiary/aromatic N) is 1. The molecule has 0 unspecified atom stereocenters. The summed E-state index contributed by atoms with van der Waals surface area (Å²) in [5, 5.41) is 10.7. The number of non-ortho nitro benzene ring substituents is 1. The number of nitro benzene ring substituents is 1. The molecule has 2 aromatic rings. The van der Waals surface area contributed by atoms with Crippen LogP contribution in [0, 0.1) is 10.1 Å². The van der Waals surface area contributed by atoms with E-state index in [1.165, 1.54) is 18.2 Å². The second kappa shape index (κ2) is 7.21. The molecule has 2 aromatic carbocycles. The van der Waals surface area contributed by atoms with Gasteiger partial charge in [0, 0.05) is 18.7 Å². The lowest BCUT2D eigenvalue weighted by atomic mass is 10.2. The number of sulfonamides is 1. The largest absolute Gasteiger partial charge is 0.494 e. The van der Waals surface area contributed by atoms with E-state index in [4.69, 9.17) is 4.74 Å². The number of hydrogen-bond donors (Lipinski definition) is 1. The van der Waals surface area contributed by atoms with E-state index in [-0.39, 0.29) is 17.1 Å². The van der Waals surface area contributed by atoms with Crippen molar-refractivity contribution in [3.63, 3.8) is 0 Å². The third kappa shape index (κ3) is 4.51. The lowest BCUT2D eigenvalue weighted by Crippen LogP contribution is -2.23. The third-order valence-electron chi connectivity index (χ3n) is 3.04. The van der Waals surface area contributed by atoms with Crippen LogP contribution in [0.3, 0.4) is 0 Å². The summed E-state index contributed by atoms with van der Waals surface area (Å²) in [5.74, 6) is 0.706. The fourth-order valence-electron chi connectivity index (χ4n) is 1.90. The van der Waals surface area contributed by atoms with Crippen molar-refractivity contribution < 1.29 is 18.1 Å². The Morgan fingerprint density at radius 1 is 1.17 bits per heavy atom. The predicted molar refractivity (Wildman–Crippen MR) is 84.7 cm³/mol. The van der Waals surface area contributed by atoms with E-state index in [1.54, 1.807) is 24.3 Å². The van der Waals surface area contributed by atoms with Crippen LogP contribution in [0.2, 0.25) is 0 Å². The molecule has 0 fully saturated rings. The minimum absolute atomic E-state index is 0.0808. The smallest absolute Gasteiger partial charge is 0.270 e. The third-order valence-corrected chi connectivity index (χ3v) is 4.44. The van der Waals surface area contributed by atoms with Crippen LogP contribution in [-0.4, -0.2) is 19.9 Å². The van der Waals surface area contributed by atoms with Crippen molar-refractivity contribution in [2.45, 2.75) is 18.4 Å². The molecule has 0 aliphatic carbocycles. The zero-order valence-electron chi connectivity index (χ0n) is 12.4. The minimum Gasteiger partial charge on any atom is -0.494 e. The molecule has 122 valence electrons. The first-order valence-corrected chi connectivity index (χ1v) is 8.36. The SMILES string of the molecule is CCOc1ccc(CNS(=O)(=O)c2cccc([N+](=O)[O-])c2)cc1. The van der Waals surface area contributed by atoms with Gasteiger partial charge in [-0.1, -0.05) is 18.2 Å². The Morgan fingerprint density at radius 2 is 1.87 bits per heavy atom. The van der Waals surface area contributed by atoms with E-state index in [1.807, 2.05) is 6.92 Å². The molecular formula is C15H16N2O5S. The first kappa shape index (κ1) is 16.9. The Bertz CT molecular complexity index is 788. The maximum atomic E-state index is 12.2. The molecule has 0 aliphatic heterocycles. The highest BCUT2D eigenvalue weighted by Crippen LogP contribution is 2.18. The topological polar surface area (TPSA) is 98.5 Å². The normalized spacial score (nSPS) is 11.2. The number of nitrogens with one attached hydrogen (secondary N) is 1. The van der Waals surface area contributed by atoms with Crippen molar-refractivity contribution in [3.8, 4) is 5.75 Å². The van der Waals surface area contributed by atoms with E-state index in [0.717, 1.165) is 11.6 Å². The summed E-state index contributed by atoms with van der Waals surface area (Å²) in [6.07, 6.45) is 0. The Kier molecular flexibility index (Phi) is 5.30. The van der Waals surface area contributed by atoms with Gasteiger partial charge in [-0.05, 0) is 30.7 Å². The van der Waals surface area contributed by atoms with Gasteiger partial charge in [0.1, 0.15) is 5.75 Å². The number of hydrogen-bond acceptors (Lipinski definition) is 5. The highest BCUT2D eigenvalue weighted by Gasteiger charge is 2.17. The fourth-order valence-corrected chi connectivity index (χ4v) is 2.95. The van der Waals surface area contributed by atoms with Gasteiger partial charge in [0.15, 0.2) is 0 Å². The summed E-state index contributed by atoms with van der Waals surface area (Å²) in [7, 11) is -3.82. The van der Waals surface area contributed by atoms with Gasteiger partial charge in [0.25, 0.3) is 5.69 Å². The van der Waals surface area contributed by atoms with Crippen molar-refractivity contribution in [1.29, 1.82) is 0 Å². The summed E-state index contributed by atoms with van der Waals surface area (Å²) < 4.78 is 32.1. The van der Waals surface area contributed by atoms with Crippen molar-refractivity contribution in [2.24, 2.45) is 0 Å². The molecule has 23 heavy (non-hydrogen) atoms. The molecule has 0 saturated carbocycles. The average Bonchev–Trinajstić information content (AvgIpc) is 2.55. The van der Waals surface area contributed by atoms with E-state index in [2.05, 4.69) is 4.72 Å². The molecule has 2 rings (SSSR count). The summed E-state index contributed by atoms with van der Waals surface area (Å²) >= 11 is 0. The quantitative estimate of drug-likeness (QED) is 0.618. The summed E-state index contributed by atoms with van der Waals surface area (Å²) in [6.45, 7) is 2.51. The van der Waals surface area contributed by atoms with E-state index in [0.29, 0.717) is 12.4 Å². The average molecular weight is 336 g/mol. The van der Waals surface area contributed by atoms with Crippen LogP contribution in [0.25, 0.3) is 0 Å². The highest BCUT2D eigenvalue weighted by molar-refractivity contribution is 7.89. The molecule has 0 atom stereocenters. The Hall–Kier alpha value is -2.45. The van der Waals surface area contributed by atoms with Crippen LogP contribution in [0.5, 0.6) is 5.75 Å². The number of ether oxygens (including phenoxy) is 1. The number of benzene rings is 2. The van der Waals surface area contributed by atoms with Gasteiger partial charge in [-0.25, -0.2) is 13.1 Å². The molecule has 1 N–H and O–H groups in total. The number of rotatable bonds is 7. The highest BCUT2D eigenvalue weighted by atomic mass is 32.2. The molecule has 0 bridgehead atoms. The number of nitro groups is 1. The second-order valence-corrected chi connectivity index (χ2v) is 6.42. The lowest BCUT2D eigenvalue weighted by molar-refractivity contribution is -0.385. The summed E-state index contributed by atoms with van der Waals surface area (Å²) in [5.41, 5.74) is 0.483. The molecule has 0 radical (unpaired) electrons. The van der Waals surface area contributed by atoms with Gasteiger partial charge in [-0.2, -0.15) is 0 Å². The maximum Gasteiger partial charge on any atom is 0.270 e. The van der Waals surface area contributed by atoms with Crippen molar-refractivity contribution in [3.05, 3.63) is 64.2 Å². The Morgan fingerprint density at radius 3 is 2.48 bits per heavy atom. The van der Waals surface area contributed by atoms with E-state index < -0.39 is 14.9 Å². The van der Waals surface area contributed by atoms with Gasteiger partial charge >= 0.3 is 0 Å². The van der Waals surface area contributed by atoms with E-state index >= 15 is 0 Å². The monoisotopic (exact) mass is 336 g/mol. The summed E-state index contributed by atoms with van der Waals surface area (Å²) in [6, 6.07) is 11.9. The lowest BCUT2D eigenvalue weighted by Gasteiger charge is -2.08. The van der Waals surface area contributed by atoms with Crippen LogP contribution in [0.15, 0.2) is 53.4 Å². The first-order chi connectivity index (χ1) is 10.9.